The highest BCUT2D eigenvalue weighted by atomic mass is 16.3. The van der Waals surface area contributed by atoms with Crippen molar-refractivity contribution < 1.29 is 4.42 Å². The number of nitrogens with zero attached hydrogens (tertiary/aromatic N) is 2. The molecule has 0 spiro atoms. The number of hydrogen-bond acceptors (Lipinski definition) is 2. The molecule has 0 aliphatic carbocycles. The van der Waals surface area contributed by atoms with Gasteiger partial charge in [0.15, 0.2) is 0 Å². The molecule has 3 nitrogen and oxygen atoms in total. The molecule has 12 aromatic rings. The molecule has 0 aliphatic rings. The standard InChI is InChI=1S/C54H34N2O/c1-3-14-39(15-4-1)55(41-30-27-36-26-25-35-13-7-8-18-42(35)47(36)34-41)49-23-12-24-50-53(49)52-43-31-28-38(33-37(43)29-32-51(52)57-50)44-20-11-21-46-45-19-9-10-22-48(45)56(54(44)46)40-16-5-2-6-17-40/h1-34H. The van der Waals surface area contributed by atoms with Crippen LogP contribution in [0.1, 0.15) is 0 Å². The van der Waals surface area contributed by atoms with E-state index in [0.29, 0.717) is 0 Å². The lowest BCUT2D eigenvalue weighted by Gasteiger charge is -2.26. The van der Waals surface area contributed by atoms with Crippen LogP contribution in [0.3, 0.4) is 0 Å². The zero-order valence-electron chi connectivity index (χ0n) is 30.9. The molecule has 3 heteroatoms. The van der Waals surface area contributed by atoms with Crippen molar-refractivity contribution >= 4 is 93.1 Å². The van der Waals surface area contributed by atoms with Gasteiger partial charge in [0.25, 0.3) is 0 Å². The largest absolute Gasteiger partial charge is 0.456 e. The molecule has 0 atom stereocenters. The van der Waals surface area contributed by atoms with Crippen LogP contribution in [0.5, 0.6) is 0 Å². The zero-order valence-corrected chi connectivity index (χ0v) is 30.9. The summed E-state index contributed by atoms with van der Waals surface area (Å²) in [6.07, 6.45) is 0. The van der Waals surface area contributed by atoms with Crippen LogP contribution in [0.15, 0.2) is 211 Å². The molecule has 0 unspecified atom stereocenters. The Morgan fingerprint density at radius 2 is 1.07 bits per heavy atom. The summed E-state index contributed by atoms with van der Waals surface area (Å²) in [5, 5.41) is 12.0. The van der Waals surface area contributed by atoms with Crippen LogP contribution in [0.2, 0.25) is 0 Å². The maximum atomic E-state index is 6.69. The van der Waals surface area contributed by atoms with Crippen molar-refractivity contribution in [2.24, 2.45) is 0 Å². The predicted octanol–water partition coefficient (Wildman–Crippen LogP) is 15.3. The summed E-state index contributed by atoms with van der Waals surface area (Å²) in [6.45, 7) is 0. The Kier molecular flexibility index (Phi) is 6.93. The third-order valence-corrected chi connectivity index (χ3v) is 11.7. The Labute approximate surface area is 328 Å². The SMILES string of the molecule is c1ccc(N(c2ccc3ccc4ccccc4c3c2)c2cccc3oc4ccc5cc(-c6cccc7c8ccccc8n(-c8ccccc8)c67)ccc5c4c23)cc1. The average Bonchev–Trinajstić information content (AvgIpc) is 3.84. The summed E-state index contributed by atoms with van der Waals surface area (Å²) >= 11 is 0. The molecule has 2 heterocycles. The van der Waals surface area contributed by atoms with E-state index < -0.39 is 0 Å². The highest BCUT2D eigenvalue weighted by molar-refractivity contribution is 6.24. The number of furan rings is 1. The number of aromatic nitrogens is 1. The summed E-state index contributed by atoms with van der Waals surface area (Å²) in [5.74, 6) is 0. The van der Waals surface area contributed by atoms with Gasteiger partial charge in [-0.05, 0) is 105 Å². The van der Waals surface area contributed by atoms with E-state index in [2.05, 4.69) is 216 Å². The fourth-order valence-electron chi connectivity index (χ4n) is 9.21. The highest BCUT2D eigenvalue weighted by Crippen LogP contribution is 2.46. The van der Waals surface area contributed by atoms with Crippen molar-refractivity contribution in [1.82, 2.24) is 4.57 Å². The third kappa shape index (κ3) is 4.86. The summed E-state index contributed by atoms with van der Waals surface area (Å²) in [7, 11) is 0. The van der Waals surface area contributed by atoms with Gasteiger partial charge in [0.05, 0.1) is 22.1 Å². The van der Waals surface area contributed by atoms with Crippen LogP contribution in [0, 0.1) is 0 Å². The molecule has 0 bridgehead atoms. The number of para-hydroxylation sites is 4. The monoisotopic (exact) mass is 726 g/mol. The summed E-state index contributed by atoms with van der Waals surface area (Å²) in [5.41, 5.74) is 10.9. The first-order valence-corrected chi connectivity index (χ1v) is 19.5. The average molecular weight is 727 g/mol. The zero-order chi connectivity index (χ0) is 37.5. The molecule has 0 amide bonds. The molecule has 0 radical (unpaired) electrons. The lowest BCUT2D eigenvalue weighted by molar-refractivity contribution is 0.669. The third-order valence-electron chi connectivity index (χ3n) is 11.7. The van der Waals surface area contributed by atoms with E-state index in [4.69, 9.17) is 4.42 Å². The molecule has 10 aromatic carbocycles. The van der Waals surface area contributed by atoms with E-state index in [0.717, 1.165) is 50.1 Å². The van der Waals surface area contributed by atoms with Crippen LogP contribution < -0.4 is 4.90 Å². The van der Waals surface area contributed by atoms with Crippen LogP contribution in [-0.2, 0) is 0 Å². The van der Waals surface area contributed by atoms with E-state index in [1.165, 1.54) is 59.9 Å². The smallest absolute Gasteiger partial charge is 0.137 e. The molecular weight excluding hydrogens is 693 g/mol. The Morgan fingerprint density at radius 1 is 0.386 bits per heavy atom. The summed E-state index contributed by atoms with van der Waals surface area (Å²) in [6, 6.07) is 74.4. The fraction of sp³-hybridized carbons (Fsp3) is 0. The summed E-state index contributed by atoms with van der Waals surface area (Å²) in [4.78, 5) is 2.38. The Morgan fingerprint density at radius 3 is 1.95 bits per heavy atom. The van der Waals surface area contributed by atoms with Gasteiger partial charge < -0.3 is 13.9 Å². The second kappa shape index (κ2) is 12.5. The molecule has 57 heavy (non-hydrogen) atoms. The normalized spacial score (nSPS) is 11.9. The highest BCUT2D eigenvalue weighted by Gasteiger charge is 2.22. The van der Waals surface area contributed by atoms with Gasteiger partial charge in [-0.1, -0.05) is 140 Å². The molecule has 12 rings (SSSR count). The maximum Gasteiger partial charge on any atom is 0.137 e. The molecule has 266 valence electrons. The molecule has 0 fully saturated rings. The second-order valence-electron chi connectivity index (χ2n) is 14.9. The van der Waals surface area contributed by atoms with Crippen LogP contribution in [0.25, 0.3) is 92.9 Å². The second-order valence-corrected chi connectivity index (χ2v) is 14.9. The molecule has 0 aliphatic heterocycles. The topological polar surface area (TPSA) is 21.3 Å². The fourth-order valence-corrected chi connectivity index (χ4v) is 9.21. The quantitative estimate of drug-likeness (QED) is 0.165. The van der Waals surface area contributed by atoms with Gasteiger partial charge in [0, 0.05) is 38.8 Å². The lowest BCUT2D eigenvalue weighted by Crippen LogP contribution is -2.10. The van der Waals surface area contributed by atoms with Crippen LogP contribution >= 0.6 is 0 Å². The molecule has 0 saturated heterocycles. The minimum atomic E-state index is 0.864. The number of hydrogen-bond donors (Lipinski definition) is 0. The van der Waals surface area contributed by atoms with E-state index >= 15 is 0 Å². The van der Waals surface area contributed by atoms with Gasteiger partial charge in [-0.3, -0.25) is 0 Å². The predicted molar refractivity (Wildman–Crippen MR) is 241 cm³/mol. The van der Waals surface area contributed by atoms with Crippen molar-refractivity contribution in [1.29, 1.82) is 0 Å². The lowest BCUT2D eigenvalue weighted by atomic mass is 9.96. The molecule has 0 saturated carbocycles. The van der Waals surface area contributed by atoms with Crippen LogP contribution in [-0.4, -0.2) is 4.57 Å². The van der Waals surface area contributed by atoms with Crippen LogP contribution in [0.4, 0.5) is 17.1 Å². The minimum Gasteiger partial charge on any atom is -0.456 e. The number of rotatable bonds is 5. The van der Waals surface area contributed by atoms with E-state index in [-0.39, 0.29) is 0 Å². The number of benzene rings is 10. The van der Waals surface area contributed by atoms with Gasteiger partial charge in [-0.25, -0.2) is 0 Å². The molecule has 2 aromatic heterocycles. The molecular formula is C54H34N2O. The first-order chi connectivity index (χ1) is 28.3. The van der Waals surface area contributed by atoms with Crippen molar-refractivity contribution in [2.75, 3.05) is 4.90 Å². The van der Waals surface area contributed by atoms with Crippen molar-refractivity contribution in [3.63, 3.8) is 0 Å². The van der Waals surface area contributed by atoms with Crippen molar-refractivity contribution in [3.8, 4) is 16.8 Å². The van der Waals surface area contributed by atoms with Gasteiger partial charge in [0.2, 0.25) is 0 Å². The Hall–Kier alpha value is -7.62. The number of anilines is 3. The number of fused-ring (bicyclic) bond motifs is 11. The van der Waals surface area contributed by atoms with Gasteiger partial charge in [0.1, 0.15) is 11.2 Å². The first kappa shape index (κ1) is 31.7. The van der Waals surface area contributed by atoms with E-state index in [9.17, 15) is 0 Å². The first-order valence-electron chi connectivity index (χ1n) is 19.5. The van der Waals surface area contributed by atoms with Crippen molar-refractivity contribution in [2.45, 2.75) is 0 Å². The van der Waals surface area contributed by atoms with Gasteiger partial charge in [-0.2, -0.15) is 0 Å². The molecule has 0 N–H and O–H groups in total. The maximum absolute atomic E-state index is 6.69. The van der Waals surface area contributed by atoms with Gasteiger partial charge >= 0.3 is 0 Å². The van der Waals surface area contributed by atoms with Crippen molar-refractivity contribution in [3.05, 3.63) is 206 Å². The van der Waals surface area contributed by atoms with Gasteiger partial charge in [-0.15, -0.1) is 0 Å². The van der Waals surface area contributed by atoms with E-state index in [1.54, 1.807) is 0 Å². The Bertz CT molecular complexity index is 3520. The van der Waals surface area contributed by atoms with E-state index in [1.807, 2.05) is 0 Å². The Balaban J connectivity index is 1.09. The summed E-state index contributed by atoms with van der Waals surface area (Å²) < 4.78 is 9.11. The minimum absolute atomic E-state index is 0.864.